The lowest BCUT2D eigenvalue weighted by molar-refractivity contribution is -0.123. The molecule has 0 bridgehead atoms. The number of hydrogen-bond acceptors (Lipinski definition) is 3. The zero-order chi connectivity index (χ0) is 54.1. The Morgan fingerprint density at radius 1 is 0.333 bits per heavy atom. The normalized spacial score (nSPS) is 13.4. The minimum atomic E-state index is -0.846. The highest BCUT2D eigenvalue weighted by atomic mass is 16.3. The van der Waals surface area contributed by atoms with Gasteiger partial charge in [0.25, 0.3) is 0 Å². The molecule has 0 rings (SSSR count). The molecule has 0 aromatic heterocycles. The van der Waals surface area contributed by atoms with Crippen LogP contribution in [-0.4, -0.2) is 34.9 Å². The van der Waals surface area contributed by atoms with E-state index in [9.17, 15) is 15.0 Å². The largest absolute Gasteiger partial charge is 0.394 e. The van der Waals surface area contributed by atoms with E-state index in [2.05, 4.69) is 104 Å². The molecule has 0 saturated carbocycles. The van der Waals surface area contributed by atoms with E-state index in [-0.39, 0.29) is 12.5 Å². The fourth-order valence-corrected chi connectivity index (χ4v) is 9.87. The summed E-state index contributed by atoms with van der Waals surface area (Å²) < 4.78 is 0. The van der Waals surface area contributed by atoms with Gasteiger partial charge in [-0.25, -0.2) is 0 Å². The molecule has 0 fully saturated rings. The number of nitrogens with one attached hydrogen (secondary N) is 1. The van der Waals surface area contributed by atoms with Gasteiger partial charge in [0, 0.05) is 6.42 Å². The summed E-state index contributed by atoms with van der Waals surface area (Å²) in [5.41, 5.74) is 0. The van der Waals surface area contributed by atoms with Crippen LogP contribution in [0.5, 0.6) is 0 Å². The Morgan fingerprint density at radius 2 is 0.587 bits per heavy atom. The summed E-state index contributed by atoms with van der Waals surface area (Å²) in [6.45, 7) is 4.22. The summed E-state index contributed by atoms with van der Waals surface area (Å²) in [7, 11) is 0. The van der Waals surface area contributed by atoms with Gasteiger partial charge < -0.3 is 15.5 Å². The molecular weight excluding hydrogens is 915 g/mol. The summed E-state index contributed by atoms with van der Waals surface area (Å²) in [4.78, 5) is 12.5. The van der Waals surface area contributed by atoms with Crippen LogP contribution in [0.15, 0.2) is 97.2 Å². The zero-order valence-corrected chi connectivity index (χ0v) is 50.1. The zero-order valence-electron chi connectivity index (χ0n) is 50.1. The first-order valence-corrected chi connectivity index (χ1v) is 33.0. The highest BCUT2D eigenvalue weighted by Gasteiger charge is 2.18. The highest BCUT2D eigenvalue weighted by Crippen LogP contribution is 2.18. The molecule has 2 unspecified atom stereocenters. The maximum Gasteiger partial charge on any atom is 0.220 e. The summed E-state index contributed by atoms with van der Waals surface area (Å²) in [6, 6.07) is -0.630. The number of amides is 1. The predicted octanol–water partition coefficient (Wildman–Crippen LogP) is 22.4. The van der Waals surface area contributed by atoms with Crippen molar-refractivity contribution in [3.63, 3.8) is 0 Å². The van der Waals surface area contributed by atoms with Crippen LogP contribution in [0.4, 0.5) is 0 Å². The number of unbranched alkanes of at least 4 members (excludes halogenated alkanes) is 39. The second kappa shape index (κ2) is 65.6. The van der Waals surface area contributed by atoms with Gasteiger partial charge in [0.05, 0.1) is 18.8 Å². The Bertz CT molecular complexity index is 1370. The number of carbonyl (C=O) groups is 1. The van der Waals surface area contributed by atoms with Gasteiger partial charge in [-0.2, -0.15) is 0 Å². The van der Waals surface area contributed by atoms with Crippen LogP contribution in [0.3, 0.4) is 0 Å². The van der Waals surface area contributed by atoms with Crippen LogP contribution in [0.25, 0.3) is 0 Å². The lowest BCUT2D eigenvalue weighted by atomic mass is 10.0. The molecule has 4 heteroatoms. The van der Waals surface area contributed by atoms with E-state index >= 15 is 0 Å². The van der Waals surface area contributed by atoms with Gasteiger partial charge in [-0.1, -0.05) is 342 Å². The topological polar surface area (TPSA) is 69.6 Å². The van der Waals surface area contributed by atoms with Crippen LogP contribution in [0, 0.1) is 0 Å². The van der Waals surface area contributed by atoms with Crippen molar-refractivity contribution >= 4 is 5.91 Å². The molecule has 0 radical (unpaired) electrons. The summed E-state index contributed by atoms with van der Waals surface area (Å²) in [5.74, 6) is -0.0646. The fourth-order valence-electron chi connectivity index (χ4n) is 9.87. The Morgan fingerprint density at radius 3 is 0.880 bits per heavy atom. The third kappa shape index (κ3) is 62.0. The fraction of sp³-hybridized carbons (Fsp3) is 0.761. The molecule has 4 nitrogen and oxygen atoms in total. The number of rotatable bonds is 60. The molecule has 0 aliphatic carbocycles. The van der Waals surface area contributed by atoms with Crippen LogP contribution < -0.4 is 5.32 Å². The molecular formula is C71H127NO3. The molecule has 2 atom stereocenters. The quantitative estimate of drug-likeness (QED) is 0.0420. The first kappa shape index (κ1) is 72.3. The molecule has 0 aliphatic rings. The summed E-state index contributed by atoms with van der Waals surface area (Å²) in [6.07, 6.45) is 97.5. The smallest absolute Gasteiger partial charge is 0.220 e. The average molecular weight is 1040 g/mol. The third-order valence-corrected chi connectivity index (χ3v) is 14.8. The van der Waals surface area contributed by atoms with Crippen molar-refractivity contribution in [3.8, 4) is 0 Å². The third-order valence-electron chi connectivity index (χ3n) is 14.8. The Kier molecular flexibility index (Phi) is 63.2. The number of aliphatic hydroxyl groups is 2. The van der Waals surface area contributed by atoms with E-state index in [0.29, 0.717) is 6.42 Å². The van der Waals surface area contributed by atoms with Gasteiger partial charge in [0.2, 0.25) is 5.91 Å². The Balaban J connectivity index is 3.51. The van der Waals surface area contributed by atoms with E-state index in [4.69, 9.17) is 0 Å². The van der Waals surface area contributed by atoms with Crippen LogP contribution in [0.2, 0.25) is 0 Å². The molecule has 0 saturated heterocycles. The number of aliphatic hydroxyl groups excluding tert-OH is 2. The van der Waals surface area contributed by atoms with E-state index in [1.807, 2.05) is 6.08 Å². The van der Waals surface area contributed by atoms with Crippen LogP contribution in [-0.2, 0) is 4.79 Å². The average Bonchev–Trinajstić information content (AvgIpc) is 3.41. The minimum Gasteiger partial charge on any atom is -0.394 e. The van der Waals surface area contributed by atoms with Crippen molar-refractivity contribution in [2.24, 2.45) is 0 Å². The SMILES string of the molecule is CC/C=C\C/C=C\C/C=C\C/C=C\C/C=C\C/C=C\C/C=C\CCCCCCCCCCCCCCCC(=O)NC(CO)C(O)/C=C/CCCCCCCCCCCCCCCCCCCCCCCCCCCC. The second-order valence-electron chi connectivity index (χ2n) is 22.2. The van der Waals surface area contributed by atoms with Crippen molar-refractivity contribution in [3.05, 3.63) is 97.2 Å². The van der Waals surface area contributed by atoms with E-state index in [1.54, 1.807) is 6.08 Å². The van der Waals surface area contributed by atoms with Gasteiger partial charge in [0.15, 0.2) is 0 Å². The van der Waals surface area contributed by atoms with Crippen molar-refractivity contribution < 1.29 is 15.0 Å². The van der Waals surface area contributed by atoms with Gasteiger partial charge in [-0.3, -0.25) is 4.79 Å². The van der Waals surface area contributed by atoms with E-state index in [0.717, 1.165) is 70.6 Å². The molecule has 434 valence electrons. The van der Waals surface area contributed by atoms with E-state index in [1.165, 1.54) is 238 Å². The van der Waals surface area contributed by atoms with Gasteiger partial charge in [0.1, 0.15) is 0 Å². The summed E-state index contributed by atoms with van der Waals surface area (Å²) in [5, 5.41) is 23.3. The van der Waals surface area contributed by atoms with Gasteiger partial charge in [-0.15, -0.1) is 0 Å². The molecule has 0 aliphatic heterocycles. The molecule has 75 heavy (non-hydrogen) atoms. The Hall–Kier alpha value is -2.69. The number of hydrogen-bond donors (Lipinski definition) is 3. The predicted molar refractivity (Wildman–Crippen MR) is 336 cm³/mol. The molecule has 0 spiro atoms. The Labute approximate surface area is 468 Å². The molecule has 0 aromatic rings. The van der Waals surface area contributed by atoms with Crippen molar-refractivity contribution in [1.82, 2.24) is 5.32 Å². The standard InChI is InChI=1S/C71H127NO3/c1-3-5-7-9-11-13-15-17-19-21-23-25-27-29-31-33-34-35-36-37-38-39-41-43-45-47-49-51-53-55-57-59-61-63-65-67-71(75)72-69(68-73)70(74)66-64-62-60-58-56-54-52-50-48-46-44-42-40-32-30-28-26-24-22-20-18-16-14-12-10-8-6-4-2/h5,7,11,13,17,19,23,25,29,31,34-35,37-38,64,66,69-70,73-74H,3-4,6,8-10,12,14-16,18,20-22,24,26-28,30,32-33,36,39-63,65,67-68H2,1-2H3,(H,72,75)/b7-5-,13-11-,19-17-,25-23-,31-29-,35-34-,38-37-,66-64+. The number of carbonyl (C=O) groups excluding carboxylic acids is 1. The molecule has 1 amide bonds. The highest BCUT2D eigenvalue weighted by molar-refractivity contribution is 5.76. The maximum absolute atomic E-state index is 12.5. The van der Waals surface area contributed by atoms with Gasteiger partial charge >= 0.3 is 0 Å². The molecule has 0 heterocycles. The summed E-state index contributed by atoms with van der Waals surface area (Å²) >= 11 is 0. The van der Waals surface area contributed by atoms with Crippen molar-refractivity contribution in [1.29, 1.82) is 0 Å². The second-order valence-corrected chi connectivity index (χ2v) is 22.2. The molecule has 3 N–H and O–H groups in total. The first-order valence-electron chi connectivity index (χ1n) is 33.0. The van der Waals surface area contributed by atoms with Gasteiger partial charge in [-0.05, 0) is 77.0 Å². The first-order chi connectivity index (χ1) is 37.2. The van der Waals surface area contributed by atoms with Crippen molar-refractivity contribution in [2.75, 3.05) is 6.61 Å². The van der Waals surface area contributed by atoms with E-state index < -0.39 is 12.1 Å². The number of allylic oxidation sites excluding steroid dienone is 15. The molecule has 0 aromatic carbocycles. The van der Waals surface area contributed by atoms with Crippen LogP contribution in [0.1, 0.15) is 328 Å². The van der Waals surface area contributed by atoms with Crippen LogP contribution >= 0.6 is 0 Å². The lowest BCUT2D eigenvalue weighted by Crippen LogP contribution is -2.45. The monoisotopic (exact) mass is 1040 g/mol. The minimum absolute atomic E-state index is 0.0646. The van der Waals surface area contributed by atoms with Crippen molar-refractivity contribution in [2.45, 2.75) is 341 Å². The maximum atomic E-state index is 12.5. The lowest BCUT2D eigenvalue weighted by Gasteiger charge is -2.20.